The zero-order valence-electron chi connectivity index (χ0n) is 10.1. The predicted molar refractivity (Wildman–Crippen MR) is 65.5 cm³/mol. The van der Waals surface area contributed by atoms with E-state index in [9.17, 15) is 4.79 Å². The van der Waals surface area contributed by atoms with Gasteiger partial charge < -0.3 is 15.6 Å². The SMILES string of the molecule is Cn1ccnc1NC1CCN(CC(N)=O)CC1. The number of primary amides is 1. The topological polar surface area (TPSA) is 76.2 Å². The Morgan fingerprint density at radius 2 is 2.29 bits per heavy atom. The molecule has 0 atom stereocenters. The van der Waals surface area contributed by atoms with Gasteiger partial charge in [-0.3, -0.25) is 9.69 Å². The second-order valence-corrected chi connectivity index (χ2v) is 4.52. The van der Waals surface area contributed by atoms with Gasteiger partial charge in [-0.1, -0.05) is 0 Å². The molecule has 94 valence electrons. The highest BCUT2D eigenvalue weighted by Crippen LogP contribution is 2.14. The van der Waals surface area contributed by atoms with E-state index in [1.807, 2.05) is 17.8 Å². The summed E-state index contributed by atoms with van der Waals surface area (Å²) in [6, 6.07) is 0.431. The lowest BCUT2D eigenvalue weighted by Gasteiger charge is -2.31. The van der Waals surface area contributed by atoms with E-state index in [1.54, 1.807) is 6.20 Å². The van der Waals surface area contributed by atoms with Crippen LogP contribution in [0.4, 0.5) is 5.95 Å². The van der Waals surface area contributed by atoms with Gasteiger partial charge >= 0.3 is 0 Å². The minimum atomic E-state index is -0.250. The molecule has 1 aromatic heterocycles. The highest BCUT2D eigenvalue weighted by molar-refractivity contribution is 5.75. The first kappa shape index (κ1) is 11.9. The van der Waals surface area contributed by atoms with Crippen LogP contribution in [0.15, 0.2) is 12.4 Å². The number of nitrogens with two attached hydrogens (primary N) is 1. The van der Waals surface area contributed by atoms with Crippen LogP contribution in [0.25, 0.3) is 0 Å². The Bertz CT molecular complexity index is 381. The van der Waals surface area contributed by atoms with Gasteiger partial charge in [-0.2, -0.15) is 0 Å². The number of amides is 1. The summed E-state index contributed by atoms with van der Waals surface area (Å²) in [6.45, 7) is 2.19. The molecule has 1 saturated heterocycles. The summed E-state index contributed by atoms with van der Waals surface area (Å²) in [7, 11) is 1.97. The molecular formula is C11H19N5O. The van der Waals surface area contributed by atoms with Crippen LogP contribution in [-0.2, 0) is 11.8 Å². The standard InChI is InChI=1S/C11H19N5O/c1-15-7-4-13-11(15)14-9-2-5-16(6-3-9)8-10(12)17/h4,7,9H,2-3,5-6,8H2,1H3,(H2,12,17)(H,13,14). The number of carbonyl (C=O) groups excluding carboxylic acids is 1. The third kappa shape index (κ3) is 3.20. The Balaban J connectivity index is 1.79. The Hall–Kier alpha value is -1.56. The lowest BCUT2D eigenvalue weighted by Crippen LogP contribution is -2.43. The van der Waals surface area contributed by atoms with Gasteiger partial charge in [0.15, 0.2) is 0 Å². The van der Waals surface area contributed by atoms with Crippen LogP contribution in [-0.4, -0.2) is 46.0 Å². The molecule has 1 aromatic rings. The fraction of sp³-hybridized carbons (Fsp3) is 0.636. The summed E-state index contributed by atoms with van der Waals surface area (Å²) in [5.74, 6) is 0.652. The van der Waals surface area contributed by atoms with Crippen molar-refractivity contribution in [3.05, 3.63) is 12.4 Å². The number of likely N-dealkylation sites (tertiary alicyclic amines) is 1. The Morgan fingerprint density at radius 1 is 1.59 bits per heavy atom. The van der Waals surface area contributed by atoms with Crippen molar-refractivity contribution in [2.75, 3.05) is 25.0 Å². The zero-order chi connectivity index (χ0) is 12.3. The van der Waals surface area contributed by atoms with Gasteiger partial charge in [0.05, 0.1) is 6.54 Å². The summed E-state index contributed by atoms with van der Waals surface area (Å²) in [5, 5.41) is 3.41. The number of nitrogens with one attached hydrogen (secondary N) is 1. The third-order valence-corrected chi connectivity index (χ3v) is 3.12. The monoisotopic (exact) mass is 237 g/mol. The molecule has 1 fully saturated rings. The molecule has 3 N–H and O–H groups in total. The molecule has 6 nitrogen and oxygen atoms in total. The Kier molecular flexibility index (Phi) is 3.63. The van der Waals surface area contributed by atoms with Gasteiger partial charge in [0.1, 0.15) is 0 Å². The quantitative estimate of drug-likeness (QED) is 0.759. The van der Waals surface area contributed by atoms with E-state index in [0.717, 1.165) is 31.9 Å². The Labute approximate surface area is 101 Å². The van der Waals surface area contributed by atoms with Crippen molar-refractivity contribution >= 4 is 11.9 Å². The van der Waals surface area contributed by atoms with Gasteiger partial charge in [-0.15, -0.1) is 0 Å². The maximum atomic E-state index is 10.8. The number of piperidine rings is 1. The second-order valence-electron chi connectivity index (χ2n) is 4.52. The van der Waals surface area contributed by atoms with Gasteiger partial charge in [0, 0.05) is 38.6 Å². The van der Waals surface area contributed by atoms with Crippen molar-refractivity contribution in [2.45, 2.75) is 18.9 Å². The minimum Gasteiger partial charge on any atom is -0.369 e. The molecule has 1 aliphatic rings. The molecule has 0 bridgehead atoms. The summed E-state index contributed by atoms with van der Waals surface area (Å²) < 4.78 is 1.97. The average molecular weight is 237 g/mol. The molecule has 2 heterocycles. The average Bonchev–Trinajstić information content (AvgIpc) is 2.67. The van der Waals surface area contributed by atoms with E-state index in [2.05, 4.69) is 15.2 Å². The zero-order valence-corrected chi connectivity index (χ0v) is 10.1. The van der Waals surface area contributed by atoms with E-state index >= 15 is 0 Å². The molecule has 0 aromatic carbocycles. The fourth-order valence-corrected chi connectivity index (χ4v) is 2.14. The van der Waals surface area contributed by atoms with E-state index < -0.39 is 0 Å². The van der Waals surface area contributed by atoms with Gasteiger partial charge in [-0.25, -0.2) is 4.98 Å². The number of imidazole rings is 1. The number of hydrogen-bond donors (Lipinski definition) is 2. The highest BCUT2D eigenvalue weighted by Gasteiger charge is 2.20. The molecule has 2 rings (SSSR count). The van der Waals surface area contributed by atoms with Crippen LogP contribution in [0.5, 0.6) is 0 Å². The minimum absolute atomic E-state index is 0.250. The molecule has 0 aliphatic carbocycles. The van der Waals surface area contributed by atoms with Crippen LogP contribution in [0.3, 0.4) is 0 Å². The molecule has 0 saturated carbocycles. The molecular weight excluding hydrogens is 218 g/mol. The molecule has 0 unspecified atom stereocenters. The number of aromatic nitrogens is 2. The number of aryl methyl sites for hydroxylation is 1. The largest absolute Gasteiger partial charge is 0.369 e. The van der Waals surface area contributed by atoms with E-state index in [4.69, 9.17) is 5.73 Å². The van der Waals surface area contributed by atoms with Gasteiger partial charge in [-0.05, 0) is 12.8 Å². The fourth-order valence-electron chi connectivity index (χ4n) is 2.14. The van der Waals surface area contributed by atoms with Crippen LogP contribution in [0, 0.1) is 0 Å². The van der Waals surface area contributed by atoms with Crippen molar-refractivity contribution in [1.29, 1.82) is 0 Å². The second kappa shape index (κ2) is 5.18. The maximum absolute atomic E-state index is 10.8. The molecule has 1 aliphatic heterocycles. The normalized spacial score (nSPS) is 18.2. The maximum Gasteiger partial charge on any atom is 0.231 e. The van der Waals surface area contributed by atoms with Crippen LogP contribution < -0.4 is 11.1 Å². The molecule has 17 heavy (non-hydrogen) atoms. The lowest BCUT2D eigenvalue weighted by molar-refractivity contribution is -0.119. The van der Waals surface area contributed by atoms with Crippen LogP contribution in [0.1, 0.15) is 12.8 Å². The van der Waals surface area contributed by atoms with Crippen molar-refractivity contribution in [3.63, 3.8) is 0 Å². The summed E-state index contributed by atoms with van der Waals surface area (Å²) in [6.07, 6.45) is 5.73. The van der Waals surface area contributed by atoms with E-state index in [-0.39, 0.29) is 5.91 Å². The first-order valence-electron chi connectivity index (χ1n) is 5.89. The van der Waals surface area contributed by atoms with Crippen molar-refractivity contribution in [2.24, 2.45) is 12.8 Å². The van der Waals surface area contributed by atoms with E-state index in [1.165, 1.54) is 0 Å². The number of carbonyl (C=O) groups is 1. The van der Waals surface area contributed by atoms with Gasteiger partial charge in [0.2, 0.25) is 11.9 Å². The van der Waals surface area contributed by atoms with Crippen LogP contribution >= 0.6 is 0 Å². The predicted octanol–water partition coefficient (Wildman–Crippen LogP) is -0.218. The van der Waals surface area contributed by atoms with Gasteiger partial charge in [0.25, 0.3) is 0 Å². The first-order chi connectivity index (χ1) is 8.15. The summed E-state index contributed by atoms with van der Waals surface area (Å²) in [5.41, 5.74) is 5.18. The number of anilines is 1. The van der Waals surface area contributed by atoms with Crippen LogP contribution in [0.2, 0.25) is 0 Å². The number of rotatable bonds is 4. The smallest absolute Gasteiger partial charge is 0.231 e. The number of hydrogen-bond acceptors (Lipinski definition) is 4. The summed E-state index contributed by atoms with van der Waals surface area (Å²) in [4.78, 5) is 17.1. The first-order valence-corrected chi connectivity index (χ1v) is 5.89. The van der Waals surface area contributed by atoms with Crippen molar-refractivity contribution in [1.82, 2.24) is 14.5 Å². The summed E-state index contributed by atoms with van der Waals surface area (Å²) >= 11 is 0. The van der Waals surface area contributed by atoms with Crippen molar-refractivity contribution < 1.29 is 4.79 Å². The Morgan fingerprint density at radius 3 is 2.82 bits per heavy atom. The molecule has 0 spiro atoms. The number of nitrogens with zero attached hydrogens (tertiary/aromatic N) is 3. The molecule has 0 radical (unpaired) electrons. The van der Waals surface area contributed by atoms with Crippen molar-refractivity contribution in [3.8, 4) is 0 Å². The molecule has 1 amide bonds. The lowest BCUT2D eigenvalue weighted by atomic mass is 10.1. The van der Waals surface area contributed by atoms with E-state index in [0.29, 0.717) is 12.6 Å². The third-order valence-electron chi connectivity index (χ3n) is 3.12. The highest BCUT2D eigenvalue weighted by atomic mass is 16.1. The molecule has 6 heteroatoms.